The number of aromatic nitrogens is 3. The van der Waals surface area contributed by atoms with Gasteiger partial charge < -0.3 is 4.74 Å². The molecule has 0 aliphatic rings. The second-order valence-electron chi connectivity index (χ2n) is 5.96. The molecule has 26 heavy (non-hydrogen) atoms. The van der Waals surface area contributed by atoms with Gasteiger partial charge in [-0.15, -0.1) is 0 Å². The average molecular weight is 362 g/mol. The maximum Gasteiger partial charge on any atom is 0.178 e. The lowest BCUT2D eigenvalue weighted by atomic mass is 10.1. The topological polar surface area (TPSA) is 47.9 Å². The Balaban J connectivity index is 1.81. The van der Waals surface area contributed by atoms with Crippen LogP contribution in [0.15, 0.2) is 60.8 Å². The molecule has 0 spiro atoms. The predicted molar refractivity (Wildman–Crippen MR) is 105 cm³/mol. The third kappa shape index (κ3) is 3.00. The van der Waals surface area contributed by atoms with Crippen LogP contribution in [0.4, 0.5) is 0 Å². The summed E-state index contributed by atoms with van der Waals surface area (Å²) in [5.41, 5.74) is 4.45. The molecule has 0 aliphatic carbocycles. The van der Waals surface area contributed by atoms with Crippen molar-refractivity contribution < 1.29 is 4.74 Å². The lowest BCUT2D eigenvalue weighted by Crippen LogP contribution is -1.96. The van der Waals surface area contributed by atoms with Gasteiger partial charge in [-0.2, -0.15) is 0 Å². The zero-order valence-corrected chi connectivity index (χ0v) is 15.2. The lowest BCUT2D eigenvalue weighted by molar-refractivity contribution is 0.415. The Morgan fingerprint density at radius 2 is 1.81 bits per heavy atom. The fourth-order valence-corrected chi connectivity index (χ4v) is 3.11. The van der Waals surface area contributed by atoms with Crippen LogP contribution in [0.5, 0.6) is 5.75 Å². The van der Waals surface area contributed by atoms with Gasteiger partial charge in [0, 0.05) is 17.1 Å². The van der Waals surface area contributed by atoms with Gasteiger partial charge in [0.05, 0.1) is 23.3 Å². The Bertz CT molecular complexity index is 1110. The minimum absolute atomic E-state index is 0.554. The van der Waals surface area contributed by atoms with Gasteiger partial charge in [-0.05, 0) is 42.8 Å². The summed E-state index contributed by atoms with van der Waals surface area (Å²) in [6, 6.07) is 17.5. The van der Waals surface area contributed by atoms with E-state index < -0.39 is 0 Å². The number of rotatable bonds is 3. The third-order valence-electron chi connectivity index (χ3n) is 4.24. The maximum absolute atomic E-state index is 6.28. The van der Waals surface area contributed by atoms with E-state index in [2.05, 4.69) is 9.97 Å². The molecule has 0 amide bonds. The van der Waals surface area contributed by atoms with E-state index in [0.717, 1.165) is 33.4 Å². The Morgan fingerprint density at radius 1 is 0.962 bits per heavy atom. The second kappa shape index (κ2) is 6.73. The van der Waals surface area contributed by atoms with Gasteiger partial charge in [0.25, 0.3) is 0 Å². The molecule has 2 aromatic carbocycles. The number of hydrogen-bond acceptors (Lipinski definition) is 4. The largest absolute Gasteiger partial charge is 0.495 e. The van der Waals surface area contributed by atoms with E-state index in [0.29, 0.717) is 16.6 Å². The Morgan fingerprint density at radius 3 is 2.62 bits per heavy atom. The number of ether oxygens (including phenoxy) is 1. The maximum atomic E-state index is 6.28. The smallest absolute Gasteiger partial charge is 0.178 e. The van der Waals surface area contributed by atoms with Crippen LogP contribution in [-0.4, -0.2) is 22.1 Å². The summed E-state index contributed by atoms with van der Waals surface area (Å²) in [5, 5.41) is 1.56. The van der Waals surface area contributed by atoms with Crippen molar-refractivity contribution in [2.75, 3.05) is 7.11 Å². The highest BCUT2D eigenvalue weighted by molar-refractivity contribution is 6.32. The number of nitrogens with zero attached hydrogens (tertiary/aromatic N) is 3. The fraction of sp³-hybridized carbons (Fsp3) is 0.0952. The van der Waals surface area contributed by atoms with E-state index in [9.17, 15) is 0 Å². The van der Waals surface area contributed by atoms with Crippen LogP contribution in [0.2, 0.25) is 5.02 Å². The zero-order chi connectivity index (χ0) is 18.1. The molecule has 4 nitrogen and oxygen atoms in total. The van der Waals surface area contributed by atoms with Crippen LogP contribution < -0.4 is 4.74 Å². The van der Waals surface area contributed by atoms with Crippen molar-refractivity contribution in [1.82, 2.24) is 15.0 Å². The number of benzene rings is 2. The average Bonchev–Trinajstić information content (AvgIpc) is 2.68. The van der Waals surface area contributed by atoms with Crippen LogP contribution in [0, 0.1) is 6.92 Å². The van der Waals surface area contributed by atoms with Crippen molar-refractivity contribution in [3.8, 4) is 28.5 Å². The van der Waals surface area contributed by atoms with Crippen molar-refractivity contribution in [1.29, 1.82) is 0 Å². The Hall–Kier alpha value is -2.98. The lowest BCUT2D eigenvalue weighted by Gasteiger charge is -2.10. The van der Waals surface area contributed by atoms with Gasteiger partial charge in [-0.25, -0.2) is 15.0 Å². The summed E-state index contributed by atoms with van der Waals surface area (Å²) < 4.78 is 5.23. The van der Waals surface area contributed by atoms with Crippen LogP contribution in [0.1, 0.15) is 5.56 Å². The third-order valence-corrected chi connectivity index (χ3v) is 4.54. The number of para-hydroxylation sites is 1. The highest BCUT2D eigenvalue weighted by Gasteiger charge is 2.11. The molecule has 0 atom stereocenters. The number of pyridine rings is 1. The summed E-state index contributed by atoms with van der Waals surface area (Å²) in [6.45, 7) is 2.02. The molecule has 0 fully saturated rings. The van der Waals surface area contributed by atoms with E-state index >= 15 is 0 Å². The molecule has 0 unspecified atom stereocenters. The first kappa shape index (κ1) is 16.5. The van der Waals surface area contributed by atoms with Crippen LogP contribution in [-0.2, 0) is 0 Å². The quantitative estimate of drug-likeness (QED) is 0.495. The highest BCUT2D eigenvalue weighted by Crippen LogP contribution is 2.31. The first-order chi connectivity index (χ1) is 12.7. The van der Waals surface area contributed by atoms with Gasteiger partial charge in [0.1, 0.15) is 11.4 Å². The summed E-state index contributed by atoms with van der Waals surface area (Å²) in [6.07, 6.45) is 1.82. The van der Waals surface area contributed by atoms with Crippen molar-refractivity contribution in [3.05, 3.63) is 71.4 Å². The summed E-state index contributed by atoms with van der Waals surface area (Å²) in [4.78, 5) is 13.9. The van der Waals surface area contributed by atoms with Gasteiger partial charge in [-0.1, -0.05) is 35.9 Å². The van der Waals surface area contributed by atoms with Gasteiger partial charge in [-0.3, -0.25) is 0 Å². The molecule has 0 saturated heterocycles. The number of fused-ring (bicyclic) bond motifs is 1. The minimum Gasteiger partial charge on any atom is -0.495 e. The predicted octanol–water partition coefficient (Wildman–Crippen LogP) is 5.33. The number of methoxy groups -OCH3 is 1. The zero-order valence-electron chi connectivity index (χ0n) is 14.4. The molecule has 4 rings (SSSR count). The fourth-order valence-electron chi connectivity index (χ4n) is 2.85. The molecule has 0 N–H and O–H groups in total. The number of halogens is 1. The second-order valence-corrected chi connectivity index (χ2v) is 6.37. The van der Waals surface area contributed by atoms with Crippen molar-refractivity contribution in [2.45, 2.75) is 6.92 Å². The molecule has 0 aliphatic heterocycles. The van der Waals surface area contributed by atoms with Crippen molar-refractivity contribution in [3.63, 3.8) is 0 Å². The van der Waals surface area contributed by atoms with Crippen molar-refractivity contribution in [2.24, 2.45) is 0 Å². The van der Waals surface area contributed by atoms with Crippen molar-refractivity contribution >= 4 is 22.5 Å². The summed E-state index contributed by atoms with van der Waals surface area (Å²) in [7, 11) is 1.60. The Kier molecular flexibility index (Phi) is 4.27. The van der Waals surface area contributed by atoms with Crippen LogP contribution in [0.3, 0.4) is 0 Å². The van der Waals surface area contributed by atoms with Gasteiger partial charge in [0.15, 0.2) is 5.82 Å². The molecule has 2 aromatic heterocycles. The van der Waals surface area contributed by atoms with Gasteiger partial charge in [0.2, 0.25) is 0 Å². The molecular weight excluding hydrogens is 346 g/mol. The van der Waals surface area contributed by atoms with Crippen LogP contribution in [0.25, 0.3) is 33.7 Å². The molecule has 0 radical (unpaired) electrons. The number of aryl methyl sites for hydroxylation is 1. The molecule has 5 heteroatoms. The Labute approximate surface area is 156 Å². The van der Waals surface area contributed by atoms with E-state index in [-0.39, 0.29) is 0 Å². The summed E-state index contributed by atoms with van der Waals surface area (Å²) >= 11 is 6.28. The minimum atomic E-state index is 0.554. The van der Waals surface area contributed by atoms with Gasteiger partial charge >= 0.3 is 0 Å². The molecule has 2 heterocycles. The van der Waals surface area contributed by atoms with E-state index in [1.54, 1.807) is 7.11 Å². The number of hydrogen-bond donors (Lipinski definition) is 0. The molecule has 0 saturated carbocycles. The first-order valence-corrected chi connectivity index (χ1v) is 8.57. The van der Waals surface area contributed by atoms with Crippen LogP contribution >= 0.6 is 11.6 Å². The molecule has 0 bridgehead atoms. The van der Waals surface area contributed by atoms with E-state index in [1.807, 2.05) is 67.7 Å². The SMILES string of the molecule is COc1ccc(-c2nc(-c3ncc4ccccc4n3)ccc2C)cc1Cl. The monoisotopic (exact) mass is 361 g/mol. The first-order valence-electron chi connectivity index (χ1n) is 8.19. The molecule has 4 aromatic rings. The molecular formula is C21H16ClN3O. The van der Waals surface area contributed by atoms with E-state index in [4.69, 9.17) is 21.3 Å². The standard InChI is InChI=1S/C21H16ClN3O/c1-13-7-9-18(21-23-12-15-5-3-4-6-17(15)25-21)24-20(13)14-8-10-19(26-2)16(22)11-14/h3-12H,1-2H3. The summed E-state index contributed by atoms with van der Waals surface area (Å²) in [5.74, 6) is 1.24. The highest BCUT2D eigenvalue weighted by atomic mass is 35.5. The normalized spacial score (nSPS) is 10.9. The molecule has 128 valence electrons. The van der Waals surface area contributed by atoms with E-state index in [1.165, 1.54) is 0 Å².